The predicted molar refractivity (Wildman–Crippen MR) is 93.0 cm³/mol. The summed E-state index contributed by atoms with van der Waals surface area (Å²) in [7, 11) is 0. The second-order valence-electron chi connectivity index (χ2n) is 5.20. The Bertz CT molecular complexity index is 697. The van der Waals surface area contributed by atoms with E-state index in [1.807, 2.05) is 6.07 Å². The van der Waals surface area contributed by atoms with Crippen LogP contribution in [-0.2, 0) is 4.79 Å². The number of Topliss-reactive ketones (excluding diaryl/α,β-unsaturated/α-hetero) is 1. The first-order valence-electron chi connectivity index (χ1n) is 7.78. The van der Waals surface area contributed by atoms with Crippen molar-refractivity contribution < 1.29 is 14.3 Å². The molecule has 0 saturated heterocycles. The van der Waals surface area contributed by atoms with Gasteiger partial charge in [-0.2, -0.15) is 5.26 Å². The van der Waals surface area contributed by atoms with Gasteiger partial charge in [0.15, 0.2) is 18.2 Å². The molecule has 24 heavy (non-hydrogen) atoms. The Hall–Kier alpha value is -2.93. The fourth-order valence-corrected chi connectivity index (χ4v) is 1.84. The van der Waals surface area contributed by atoms with Crippen molar-refractivity contribution in [1.82, 2.24) is 0 Å². The van der Waals surface area contributed by atoms with Gasteiger partial charge in [-0.25, -0.2) is 0 Å². The van der Waals surface area contributed by atoms with E-state index in [0.717, 1.165) is 0 Å². The van der Waals surface area contributed by atoms with E-state index in [2.05, 4.69) is 13.8 Å². The highest BCUT2D eigenvalue weighted by atomic mass is 16.5. The van der Waals surface area contributed by atoms with Crippen molar-refractivity contribution in [2.75, 3.05) is 0 Å². The van der Waals surface area contributed by atoms with Gasteiger partial charge in [-0.3, -0.25) is 9.59 Å². The lowest BCUT2D eigenvalue weighted by atomic mass is 10.1. The van der Waals surface area contributed by atoms with Crippen LogP contribution in [0.4, 0.5) is 0 Å². The molecule has 0 spiro atoms. The lowest BCUT2D eigenvalue weighted by Gasteiger charge is -2.14. The molecule has 0 N–H and O–H groups in total. The minimum absolute atomic E-state index is 0.0304. The lowest BCUT2D eigenvalue weighted by molar-refractivity contribution is -0.113. The van der Waals surface area contributed by atoms with Crippen LogP contribution in [0, 0.1) is 11.3 Å². The molecule has 2 rings (SSSR count). The molecule has 124 valence electrons. The molecule has 2 aromatic carbocycles. The second-order valence-corrected chi connectivity index (χ2v) is 5.20. The average Bonchev–Trinajstić information content (AvgIpc) is 2.61. The molecule has 4 heteroatoms. The zero-order valence-corrected chi connectivity index (χ0v) is 14.2. The van der Waals surface area contributed by atoms with Gasteiger partial charge < -0.3 is 4.74 Å². The summed E-state index contributed by atoms with van der Waals surface area (Å²) in [4.78, 5) is 22.4. The van der Waals surface area contributed by atoms with Gasteiger partial charge in [-0.05, 0) is 36.8 Å². The van der Waals surface area contributed by atoms with E-state index < -0.39 is 6.10 Å². The van der Waals surface area contributed by atoms with Crippen molar-refractivity contribution >= 4 is 12.1 Å². The van der Waals surface area contributed by atoms with Gasteiger partial charge >= 0.3 is 0 Å². The first kappa shape index (κ1) is 19.1. The molecular formula is C20H21NO3. The second kappa shape index (κ2) is 9.96. The maximum atomic E-state index is 11.2. The standard InChI is InChI=1S/C17H13NO3.C3H8/c1-12(20)14-4-6-15(7-5-14)17(11-19)21-16-8-2-13(10-18)3-9-16;1-3-2/h2-9,11,17H,1H3;3H2,1-2H3. The number of ketones is 1. The summed E-state index contributed by atoms with van der Waals surface area (Å²) in [5, 5.41) is 8.73. The highest BCUT2D eigenvalue weighted by molar-refractivity contribution is 5.94. The largest absolute Gasteiger partial charge is 0.478 e. The number of aldehydes is 1. The number of benzene rings is 2. The van der Waals surface area contributed by atoms with Crippen molar-refractivity contribution in [3.63, 3.8) is 0 Å². The molecule has 4 nitrogen and oxygen atoms in total. The number of carbonyl (C=O) groups excluding carboxylic acids is 2. The highest BCUT2D eigenvalue weighted by Crippen LogP contribution is 2.21. The van der Waals surface area contributed by atoms with Crippen molar-refractivity contribution in [2.24, 2.45) is 0 Å². The maximum absolute atomic E-state index is 11.2. The number of ether oxygens (including phenoxy) is 1. The summed E-state index contributed by atoms with van der Waals surface area (Å²) in [6, 6.07) is 15.2. The minimum Gasteiger partial charge on any atom is -0.478 e. The molecule has 0 aliphatic carbocycles. The molecule has 0 radical (unpaired) electrons. The smallest absolute Gasteiger partial charge is 0.179 e. The lowest BCUT2D eigenvalue weighted by Crippen LogP contribution is -2.09. The molecule has 0 heterocycles. The number of nitriles is 1. The van der Waals surface area contributed by atoms with Crippen molar-refractivity contribution in [1.29, 1.82) is 5.26 Å². The molecule has 0 saturated carbocycles. The highest BCUT2D eigenvalue weighted by Gasteiger charge is 2.12. The van der Waals surface area contributed by atoms with Crippen molar-refractivity contribution in [2.45, 2.75) is 33.3 Å². The van der Waals surface area contributed by atoms with Gasteiger partial charge in [0.25, 0.3) is 0 Å². The third-order valence-electron chi connectivity index (χ3n) is 3.02. The van der Waals surface area contributed by atoms with Crippen LogP contribution in [0.3, 0.4) is 0 Å². The molecule has 1 atom stereocenters. The molecule has 0 aliphatic heterocycles. The quantitative estimate of drug-likeness (QED) is 0.600. The molecule has 0 fully saturated rings. The maximum Gasteiger partial charge on any atom is 0.179 e. The average molecular weight is 323 g/mol. The Morgan fingerprint density at radius 2 is 1.67 bits per heavy atom. The zero-order valence-electron chi connectivity index (χ0n) is 14.2. The predicted octanol–water partition coefficient (Wildman–Crippen LogP) is 4.50. The van der Waals surface area contributed by atoms with E-state index in [9.17, 15) is 9.59 Å². The van der Waals surface area contributed by atoms with Gasteiger partial charge in [-0.15, -0.1) is 0 Å². The van der Waals surface area contributed by atoms with E-state index in [4.69, 9.17) is 10.00 Å². The number of rotatable bonds is 5. The fraction of sp³-hybridized carbons (Fsp3) is 0.250. The summed E-state index contributed by atoms with van der Waals surface area (Å²) in [6.45, 7) is 5.74. The van der Waals surface area contributed by atoms with Crippen LogP contribution in [-0.4, -0.2) is 12.1 Å². The van der Waals surface area contributed by atoms with Crippen molar-refractivity contribution in [3.8, 4) is 11.8 Å². The molecule has 0 bridgehead atoms. The number of carbonyl (C=O) groups is 2. The summed E-state index contributed by atoms with van der Waals surface area (Å²) in [5.74, 6) is 0.471. The SMILES string of the molecule is CC(=O)c1ccc(C(C=O)Oc2ccc(C#N)cc2)cc1.CCC. The van der Waals surface area contributed by atoms with Crippen molar-refractivity contribution in [3.05, 3.63) is 65.2 Å². The van der Waals surface area contributed by atoms with Gasteiger partial charge in [0.2, 0.25) is 0 Å². The molecular weight excluding hydrogens is 302 g/mol. The third kappa shape index (κ3) is 5.69. The minimum atomic E-state index is -0.751. The molecule has 0 aliphatic rings. The van der Waals surface area contributed by atoms with Crippen LogP contribution in [0.5, 0.6) is 5.75 Å². The molecule has 0 aromatic heterocycles. The van der Waals surface area contributed by atoms with Crippen LogP contribution in [0.1, 0.15) is 54.8 Å². The third-order valence-corrected chi connectivity index (χ3v) is 3.02. The van der Waals surface area contributed by atoms with Gasteiger partial charge in [0.05, 0.1) is 11.6 Å². The topological polar surface area (TPSA) is 67.2 Å². The van der Waals surface area contributed by atoms with E-state index in [1.165, 1.54) is 13.3 Å². The van der Waals surface area contributed by atoms with E-state index in [1.54, 1.807) is 48.5 Å². The van der Waals surface area contributed by atoms with E-state index >= 15 is 0 Å². The summed E-state index contributed by atoms with van der Waals surface area (Å²) in [5.41, 5.74) is 1.77. The van der Waals surface area contributed by atoms with E-state index in [-0.39, 0.29) is 5.78 Å². The Morgan fingerprint density at radius 1 is 1.12 bits per heavy atom. The molecule has 1 unspecified atom stereocenters. The number of nitrogens with zero attached hydrogens (tertiary/aromatic N) is 1. The normalized spacial score (nSPS) is 10.6. The summed E-state index contributed by atoms with van der Waals surface area (Å²) >= 11 is 0. The van der Waals surface area contributed by atoms with Gasteiger partial charge in [0, 0.05) is 5.56 Å². The van der Waals surface area contributed by atoms with Crippen LogP contribution < -0.4 is 4.74 Å². The van der Waals surface area contributed by atoms with Gasteiger partial charge in [0.1, 0.15) is 5.75 Å². The fourth-order valence-electron chi connectivity index (χ4n) is 1.84. The Balaban J connectivity index is 0.000000891. The van der Waals surface area contributed by atoms with Crippen LogP contribution in [0.2, 0.25) is 0 Å². The molecule has 2 aromatic rings. The summed E-state index contributed by atoms with van der Waals surface area (Å²) < 4.78 is 5.59. The van der Waals surface area contributed by atoms with Crippen LogP contribution in [0.25, 0.3) is 0 Å². The summed E-state index contributed by atoms with van der Waals surface area (Å²) in [6.07, 6.45) is 1.19. The van der Waals surface area contributed by atoms with Crippen LogP contribution in [0.15, 0.2) is 48.5 Å². The number of hydrogen-bond acceptors (Lipinski definition) is 4. The number of hydrogen-bond donors (Lipinski definition) is 0. The van der Waals surface area contributed by atoms with Gasteiger partial charge in [-0.1, -0.05) is 44.5 Å². The molecule has 0 amide bonds. The Morgan fingerprint density at radius 3 is 2.08 bits per heavy atom. The van der Waals surface area contributed by atoms with Crippen LogP contribution >= 0.6 is 0 Å². The Labute approximate surface area is 142 Å². The Kier molecular flexibility index (Phi) is 7.93. The first-order chi connectivity index (χ1) is 11.5. The monoisotopic (exact) mass is 323 g/mol. The van der Waals surface area contributed by atoms with E-state index in [0.29, 0.717) is 28.7 Å². The zero-order chi connectivity index (χ0) is 17.9. The first-order valence-corrected chi connectivity index (χ1v) is 7.78.